The molecule has 0 aliphatic carbocycles. The van der Waals surface area contributed by atoms with E-state index in [-0.39, 0.29) is 6.04 Å². The van der Waals surface area contributed by atoms with Crippen molar-refractivity contribution in [3.8, 4) is 22.6 Å². The predicted octanol–water partition coefficient (Wildman–Crippen LogP) is 4.43. The molecule has 0 saturated carbocycles. The molecular weight excluding hydrogens is 272 g/mol. The van der Waals surface area contributed by atoms with Gasteiger partial charge in [0.25, 0.3) is 0 Å². The molecule has 0 bridgehead atoms. The van der Waals surface area contributed by atoms with Crippen molar-refractivity contribution in [3.05, 3.63) is 66.6 Å². The zero-order chi connectivity index (χ0) is 14.8. The average molecular weight is 290 g/mol. The molecule has 0 radical (unpaired) electrons. The molecule has 22 heavy (non-hydrogen) atoms. The smallest absolute Gasteiger partial charge is 0.212 e. The van der Waals surface area contributed by atoms with Crippen molar-refractivity contribution in [2.45, 2.75) is 18.9 Å². The Kier molecular flexibility index (Phi) is 3.49. The maximum absolute atomic E-state index is 6.17. The summed E-state index contributed by atoms with van der Waals surface area (Å²) in [6, 6.07) is 20.7. The summed E-state index contributed by atoms with van der Waals surface area (Å²) >= 11 is 0. The summed E-state index contributed by atoms with van der Waals surface area (Å²) < 4.78 is 6.17. The SMILES string of the molecule is c1ccc(-c2nc([C@H]3CCCN3)oc2-c2ccccc2)cc1. The van der Waals surface area contributed by atoms with Crippen molar-refractivity contribution in [2.24, 2.45) is 0 Å². The molecule has 3 aromatic rings. The molecule has 0 amide bonds. The Labute approximate surface area is 130 Å². The molecule has 4 rings (SSSR count). The highest BCUT2D eigenvalue weighted by Crippen LogP contribution is 2.35. The van der Waals surface area contributed by atoms with E-state index in [2.05, 4.69) is 29.6 Å². The van der Waals surface area contributed by atoms with Crippen LogP contribution in [0, 0.1) is 0 Å². The van der Waals surface area contributed by atoms with Crippen LogP contribution in [0.5, 0.6) is 0 Å². The maximum atomic E-state index is 6.17. The summed E-state index contributed by atoms with van der Waals surface area (Å²) in [5.74, 6) is 1.66. The minimum absolute atomic E-state index is 0.236. The van der Waals surface area contributed by atoms with E-state index in [4.69, 9.17) is 9.40 Å². The molecule has 1 saturated heterocycles. The molecule has 1 aliphatic rings. The fourth-order valence-electron chi connectivity index (χ4n) is 2.96. The average Bonchev–Trinajstić information content (AvgIpc) is 3.26. The summed E-state index contributed by atoms with van der Waals surface area (Å²) in [6.45, 7) is 1.04. The van der Waals surface area contributed by atoms with Gasteiger partial charge in [-0.2, -0.15) is 0 Å². The lowest BCUT2D eigenvalue weighted by Crippen LogP contribution is -2.12. The van der Waals surface area contributed by atoms with E-state index in [9.17, 15) is 0 Å². The molecule has 1 aromatic heterocycles. The van der Waals surface area contributed by atoms with Gasteiger partial charge in [0, 0.05) is 11.1 Å². The molecule has 2 aromatic carbocycles. The van der Waals surface area contributed by atoms with E-state index in [0.717, 1.165) is 41.4 Å². The minimum atomic E-state index is 0.236. The standard InChI is InChI=1S/C19H18N2O/c1-3-8-14(9-4-1)17-18(15-10-5-2-6-11-15)22-19(21-17)16-12-7-13-20-16/h1-6,8-11,16,20H,7,12-13H2/t16-/m1/s1. The molecule has 2 heterocycles. The van der Waals surface area contributed by atoms with Crippen LogP contribution in [0.4, 0.5) is 0 Å². The van der Waals surface area contributed by atoms with Crippen LogP contribution in [0.3, 0.4) is 0 Å². The monoisotopic (exact) mass is 290 g/mol. The first-order chi connectivity index (χ1) is 10.9. The zero-order valence-electron chi connectivity index (χ0n) is 12.3. The second-order valence-corrected chi connectivity index (χ2v) is 5.61. The first-order valence-corrected chi connectivity index (χ1v) is 7.77. The van der Waals surface area contributed by atoms with E-state index in [1.54, 1.807) is 0 Å². The number of rotatable bonds is 3. The largest absolute Gasteiger partial charge is 0.438 e. The number of hydrogen-bond acceptors (Lipinski definition) is 3. The first kappa shape index (κ1) is 13.3. The molecule has 3 heteroatoms. The Bertz CT molecular complexity index is 687. The number of hydrogen-bond donors (Lipinski definition) is 1. The third-order valence-electron chi connectivity index (χ3n) is 4.09. The van der Waals surface area contributed by atoms with Gasteiger partial charge in [-0.1, -0.05) is 60.7 Å². The second kappa shape index (κ2) is 5.78. The highest BCUT2D eigenvalue weighted by molar-refractivity contribution is 5.76. The molecular formula is C19H18N2O. The van der Waals surface area contributed by atoms with Gasteiger partial charge in [-0.3, -0.25) is 0 Å². The Morgan fingerprint density at radius 1 is 0.909 bits per heavy atom. The lowest BCUT2D eigenvalue weighted by Gasteiger charge is -2.03. The molecule has 110 valence electrons. The van der Waals surface area contributed by atoms with Crippen LogP contribution in [-0.2, 0) is 0 Å². The number of oxazole rings is 1. The minimum Gasteiger partial charge on any atom is -0.438 e. The Balaban J connectivity index is 1.84. The van der Waals surface area contributed by atoms with Crippen LogP contribution in [0.25, 0.3) is 22.6 Å². The normalized spacial score (nSPS) is 17.7. The topological polar surface area (TPSA) is 38.1 Å². The van der Waals surface area contributed by atoms with Gasteiger partial charge in [0.05, 0.1) is 6.04 Å². The van der Waals surface area contributed by atoms with Gasteiger partial charge in [-0.15, -0.1) is 0 Å². The highest BCUT2D eigenvalue weighted by Gasteiger charge is 2.24. The quantitative estimate of drug-likeness (QED) is 0.775. The van der Waals surface area contributed by atoms with Crippen molar-refractivity contribution < 1.29 is 4.42 Å². The maximum Gasteiger partial charge on any atom is 0.212 e. The van der Waals surface area contributed by atoms with Gasteiger partial charge >= 0.3 is 0 Å². The summed E-state index contributed by atoms with van der Waals surface area (Å²) in [5, 5.41) is 3.46. The Morgan fingerprint density at radius 3 is 2.23 bits per heavy atom. The molecule has 1 atom stereocenters. The van der Waals surface area contributed by atoms with Gasteiger partial charge in [0.1, 0.15) is 5.69 Å². The van der Waals surface area contributed by atoms with E-state index >= 15 is 0 Å². The van der Waals surface area contributed by atoms with Crippen molar-refractivity contribution in [1.82, 2.24) is 10.3 Å². The number of benzene rings is 2. The lowest BCUT2D eigenvalue weighted by atomic mass is 10.1. The van der Waals surface area contributed by atoms with Crippen molar-refractivity contribution in [2.75, 3.05) is 6.54 Å². The number of aromatic nitrogens is 1. The fourth-order valence-corrected chi connectivity index (χ4v) is 2.96. The molecule has 1 fully saturated rings. The molecule has 0 unspecified atom stereocenters. The van der Waals surface area contributed by atoms with Gasteiger partial charge in [-0.25, -0.2) is 4.98 Å². The van der Waals surface area contributed by atoms with E-state index in [0.29, 0.717) is 0 Å². The van der Waals surface area contributed by atoms with Gasteiger partial charge in [-0.05, 0) is 19.4 Å². The molecule has 1 aliphatic heterocycles. The summed E-state index contributed by atoms with van der Waals surface area (Å²) in [7, 11) is 0. The van der Waals surface area contributed by atoms with Crippen molar-refractivity contribution in [3.63, 3.8) is 0 Å². The van der Waals surface area contributed by atoms with Crippen LogP contribution in [-0.4, -0.2) is 11.5 Å². The van der Waals surface area contributed by atoms with Crippen LogP contribution < -0.4 is 5.32 Å². The highest BCUT2D eigenvalue weighted by atomic mass is 16.4. The molecule has 1 N–H and O–H groups in total. The summed E-state index contributed by atoms with van der Waals surface area (Å²) in [5.41, 5.74) is 3.09. The Morgan fingerprint density at radius 2 is 1.59 bits per heavy atom. The van der Waals surface area contributed by atoms with E-state index < -0.39 is 0 Å². The van der Waals surface area contributed by atoms with E-state index in [1.807, 2.05) is 36.4 Å². The second-order valence-electron chi connectivity index (χ2n) is 5.61. The van der Waals surface area contributed by atoms with Gasteiger partial charge in [0.15, 0.2) is 5.76 Å². The molecule has 3 nitrogen and oxygen atoms in total. The van der Waals surface area contributed by atoms with Crippen LogP contribution in [0.2, 0.25) is 0 Å². The summed E-state index contributed by atoms with van der Waals surface area (Å²) in [4.78, 5) is 4.81. The Hall–Kier alpha value is -2.39. The van der Waals surface area contributed by atoms with E-state index in [1.165, 1.54) is 6.42 Å². The number of nitrogens with zero attached hydrogens (tertiary/aromatic N) is 1. The third-order valence-corrected chi connectivity index (χ3v) is 4.09. The fraction of sp³-hybridized carbons (Fsp3) is 0.211. The lowest BCUT2D eigenvalue weighted by molar-refractivity contribution is 0.437. The van der Waals surface area contributed by atoms with Crippen LogP contribution in [0.15, 0.2) is 65.1 Å². The van der Waals surface area contributed by atoms with Gasteiger partial charge in [0.2, 0.25) is 5.89 Å². The third kappa shape index (κ3) is 2.44. The molecule has 0 spiro atoms. The van der Waals surface area contributed by atoms with Crippen molar-refractivity contribution in [1.29, 1.82) is 0 Å². The van der Waals surface area contributed by atoms with Crippen LogP contribution in [0.1, 0.15) is 24.8 Å². The summed E-state index contributed by atoms with van der Waals surface area (Å²) in [6.07, 6.45) is 2.26. The van der Waals surface area contributed by atoms with Crippen LogP contribution >= 0.6 is 0 Å². The first-order valence-electron chi connectivity index (χ1n) is 7.77. The van der Waals surface area contributed by atoms with Crippen molar-refractivity contribution >= 4 is 0 Å². The predicted molar refractivity (Wildman–Crippen MR) is 87.4 cm³/mol. The zero-order valence-corrected chi connectivity index (χ0v) is 12.3. The number of nitrogens with one attached hydrogen (secondary N) is 1. The van der Waals surface area contributed by atoms with Gasteiger partial charge < -0.3 is 9.73 Å².